The van der Waals surface area contributed by atoms with E-state index < -0.39 is 0 Å². The van der Waals surface area contributed by atoms with Crippen molar-refractivity contribution in [2.75, 3.05) is 12.4 Å². The number of nitrogens with two attached hydrogens (primary N) is 1. The lowest BCUT2D eigenvalue weighted by Gasteiger charge is -2.08. The lowest BCUT2D eigenvalue weighted by atomic mass is 10.2. The molecule has 0 spiro atoms. The van der Waals surface area contributed by atoms with Crippen LogP contribution in [0.4, 0.5) is 5.82 Å². The standard InChI is InChI=1S/C13H14N4O2/c1-19-11-8-15-5-4-10(11)13(18)17-12-3-2-9(6-14)7-16-12/h2-5,7-8H,6,14H2,1H3,(H,16,17,18). The molecule has 1 amide bonds. The van der Waals surface area contributed by atoms with Crippen LogP contribution in [0.1, 0.15) is 15.9 Å². The van der Waals surface area contributed by atoms with Gasteiger partial charge in [0, 0.05) is 18.9 Å². The molecule has 0 aliphatic carbocycles. The van der Waals surface area contributed by atoms with Gasteiger partial charge in [-0.15, -0.1) is 0 Å². The van der Waals surface area contributed by atoms with Gasteiger partial charge in [-0.1, -0.05) is 6.07 Å². The number of amides is 1. The number of carbonyl (C=O) groups is 1. The van der Waals surface area contributed by atoms with Crippen molar-refractivity contribution in [2.45, 2.75) is 6.54 Å². The van der Waals surface area contributed by atoms with Crippen molar-refractivity contribution in [3.8, 4) is 5.75 Å². The zero-order valence-corrected chi connectivity index (χ0v) is 10.5. The fraction of sp³-hybridized carbons (Fsp3) is 0.154. The first kappa shape index (κ1) is 13.0. The molecule has 0 aliphatic rings. The Labute approximate surface area is 110 Å². The summed E-state index contributed by atoms with van der Waals surface area (Å²) in [5.74, 6) is 0.576. The molecule has 0 unspecified atom stereocenters. The van der Waals surface area contributed by atoms with Gasteiger partial charge >= 0.3 is 0 Å². The highest BCUT2D eigenvalue weighted by atomic mass is 16.5. The van der Waals surface area contributed by atoms with E-state index in [1.54, 1.807) is 18.3 Å². The minimum atomic E-state index is -0.299. The number of carbonyl (C=O) groups excluding carboxylic acids is 1. The third kappa shape index (κ3) is 3.05. The maximum Gasteiger partial charge on any atom is 0.260 e. The summed E-state index contributed by atoms with van der Waals surface area (Å²) < 4.78 is 5.08. The molecule has 3 N–H and O–H groups in total. The molecule has 0 bridgehead atoms. The average Bonchev–Trinajstić information content (AvgIpc) is 2.48. The fourth-order valence-electron chi connectivity index (χ4n) is 1.53. The summed E-state index contributed by atoms with van der Waals surface area (Å²) in [4.78, 5) is 20.1. The van der Waals surface area contributed by atoms with Crippen LogP contribution in [0.3, 0.4) is 0 Å². The van der Waals surface area contributed by atoms with Crippen LogP contribution in [0.2, 0.25) is 0 Å². The summed E-state index contributed by atoms with van der Waals surface area (Å²) in [6.45, 7) is 0.416. The molecule has 19 heavy (non-hydrogen) atoms. The first-order chi connectivity index (χ1) is 9.24. The minimum Gasteiger partial charge on any atom is -0.494 e. The number of ether oxygens (including phenoxy) is 1. The van der Waals surface area contributed by atoms with Crippen LogP contribution in [0, 0.1) is 0 Å². The molecule has 2 aromatic heterocycles. The maximum absolute atomic E-state index is 12.1. The van der Waals surface area contributed by atoms with Gasteiger partial charge in [0.2, 0.25) is 0 Å². The number of anilines is 1. The van der Waals surface area contributed by atoms with Crippen LogP contribution in [0.15, 0.2) is 36.8 Å². The highest BCUT2D eigenvalue weighted by molar-refractivity contribution is 6.05. The summed E-state index contributed by atoms with van der Waals surface area (Å²) in [5, 5.41) is 2.69. The predicted octanol–water partition coefficient (Wildman–Crippen LogP) is 1.20. The minimum absolute atomic E-state index is 0.299. The SMILES string of the molecule is COc1cnccc1C(=O)Nc1ccc(CN)cn1. The largest absolute Gasteiger partial charge is 0.494 e. The van der Waals surface area contributed by atoms with E-state index in [4.69, 9.17) is 10.5 Å². The molecule has 0 saturated carbocycles. The Morgan fingerprint density at radius 2 is 2.21 bits per heavy atom. The number of rotatable bonds is 4. The van der Waals surface area contributed by atoms with E-state index >= 15 is 0 Å². The van der Waals surface area contributed by atoms with E-state index in [9.17, 15) is 4.79 Å². The molecule has 2 rings (SSSR count). The zero-order valence-electron chi connectivity index (χ0n) is 10.5. The van der Waals surface area contributed by atoms with E-state index in [-0.39, 0.29) is 5.91 Å². The second-order valence-corrected chi connectivity index (χ2v) is 3.79. The molecule has 0 aliphatic heterocycles. The summed E-state index contributed by atoms with van der Waals surface area (Å²) in [5.41, 5.74) is 6.79. The highest BCUT2D eigenvalue weighted by Gasteiger charge is 2.12. The number of hydrogen-bond donors (Lipinski definition) is 2. The third-order valence-corrected chi connectivity index (χ3v) is 2.55. The summed E-state index contributed by atoms with van der Waals surface area (Å²) in [6.07, 6.45) is 4.64. The van der Waals surface area contributed by atoms with Gasteiger partial charge in [-0.05, 0) is 17.7 Å². The zero-order chi connectivity index (χ0) is 13.7. The number of nitrogens with zero attached hydrogens (tertiary/aromatic N) is 2. The molecule has 2 aromatic rings. The Bertz CT molecular complexity index is 569. The smallest absolute Gasteiger partial charge is 0.260 e. The van der Waals surface area contributed by atoms with E-state index in [1.165, 1.54) is 19.5 Å². The van der Waals surface area contributed by atoms with Crippen molar-refractivity contribution in [2.24, 2.45) is 5.73 Å². The van der Waals surface area contributed by atoms with Crippen molar-refractivity contribution in [3.63, 3.8) is 0 Å². The summed E-state index contributed by atoms with van der Waals surface area (Å²) in [6, 6.07) is 5.10. The van der Waals surface area contributed by atoms with E-state index in [1.807, 2.05) is 6.07 Å². The number of nitrogens with one attached hydrogen (secondary N) is 1. The topological polar surface area (TPSA) is 90.1 Å². The van der Waals surface area contributed by atoms with Gasteiger partial charge in [0.15, 0.2) is 0 Å². The van der Waals surface area contributed by atoms with Crippen LogP contribution in [0.5, 0.6) is 5.75 Å². The predicted molar refractivity (Wildman–Crippen MR) is 70.9 cm³/mol. The normalized spacial score (nSPS) is 10.0. The molecule has 6 heteroatoms. The Morgan fingerprint density at radius 3 is 2.84 bits per heavy atom. The van der Waals surface area contributed by atoms with Gasteiger partial charge in [-0.2, -0.15) is 0 Å². The van der Waals surface area contributed by atoms with Crippen molar-refractivity contribution >= 4 is 11.7 Å². The Balaban J connectivity index is 2.16. The molecule has 6 nitrogen and oxygen atoms in total. The second-order valence-electron chi connectivity index (χ2n) is 3.79. The number of pyridine rings is 2. The molecule has 2 heterocycles. The Hall–Kier alpha value is -2.47. The molecular formula is C13H14N4O2. The Kier molecular flexibility index (Phi) is 4.04. The molecule has 0 aromatic carbocycles. The number of aromatic nitrogens is 2. The van der Waals surface area contributed by atoms with Crippen LogP contribution in [-0.4, -0.2) is 23.0 Å². The van der Waals surface area contributed by atoms with Crippen molar-refractivity contribution in [3.05, 3.63) is 47.9 Å². The second kappa shape index (κ2) is 5.92. The van der Waals surface area contributed by atoms with Crippen LogP contribution >= 0.6 is 0 Å². The van der Waals surface area contributed by atoms with E-state index in [2.05, 4.69) is 15.3 Å². The average molecular weight is 258 g/mol. The number of methoxy groups -OCH3 is 1. The molecule has 98 valence electrons. The quantitative estimate of drug-likeness (QED) is 0.859. The molecule has 0 radical (unpaired) electrons. The molecule has 0 fully saturated rings. The van der Waals surface area contributed by atoms with E-state index in [0.29, 0.717) is 23.7 Å². The molecule has 0 saturated heterocycles. The van der Waals surface area contributed by atoms with Crippen LogP contribution in [-0.2, 0) is 6.54 Å². The molecule has 0 atom stereocenters. The monoisotopic (exact) mass is 258 g/mol. The van der Waals surface area contributed by atoms with Crippen molar-refractivity contribution in [1.29, 1.82) is 0 Å². The van der Waals surface area contributed by atoms with Crippen molar-refractivity contribution < 1.29 is 9.53 Å². The lowest BCUT2D eigenvalue weighted by molar-refractivity contribution is 0.102. The third-order valence-electron chi connectivity index (χ3n) is 2.55. The van der Waals surface area contributed by atoms with Gasteiger partial charge in [0.25, 0.3) is 5.91 Å². The first-order valence-corrected chi connectivity index (χ1v) is 5.69. The fourth-order valence-corrected chi connectivity index (χ4v) is 1.53. The summed E-state index contributed by atoms with van der Waals surface area (Å²) in [7, 11) is 1.49. The van der Waals surface area contributed by atoms with Gasteiger partial charge in [0.05, 0.1) is 18.9 Å². The van der Waals surface area contributed by atoms with Crippen LogP contribution < -0.4 is 15.8 Å². The lowest BCUT2D eigenvalue weighted by Crippen LogP contribution is -2.14. The van der Waals surface area contributed by atoms with Gasteiger partial charge in [-0.25, -0.2) is 4.98 Å². The first-order valence-electron chi connectivity index (χ1n) is 5.69. The molecular weight excluding hydrogens is 244 g/mol. The number of hydrogen-bond acceptors (Lipinski definition) is 5. The van der Waals surface area contributed by atoms with Crippen molar-refractivity contribution in [1.82, 2.24) is 9.97 Å². The van der Waals surface area contributed by atoms with Gasteiger partial charge in [-0.3, -0.25) is 9.78 Å². The van der Waals surface area contributed by atoms with Crippen LogP contribution in [0.25, 0.3) is 0 Å². The Morgan fingerprint density at radius 1 is 1.37 bits per heavy atom. The van der Waals surface area contributed by atoms with Gasteiger partial charge < -0.3 is 15.8 Å². The maximum atomic E-state index is 12.1. The van der Waals surface area contributed by atoms with E-state index in [0.717, 1.165) is 5.56 Å². The highest BCUT2D eigenvalue weighted by Crippen LogP contribution is 2.17. The summed E-state index contributed by atoms with van der Waals surface area (Å²) >= 11 is 0. The van der Waals surface area contributed by atoms with Gasteiger partial charge in [0.1, 0.15) is 11.6 Å².